The molecule has 11 heteroatoms. The number of halogens is 6. The lowest BCUT2D eigenvalue weighted by molar-refractivity contribution is -0.385. The van der Waals surface area contributed by atoms with Crippen LogP contribution < -0.4 is 10.1 Å². The number of ether oxygens (including phenoxy) is 1. The fraction of sp³-hybridized carbons (Fsp3) is 0.294. The summed E-state index contributed by atoms with van der Waals surface area (Å²) in [5.74, 6) is -0.465. The molecule has 0 heterocycles. The van der Waals surface area contributed by atoms with Crippen LogP contribution in [0, 0.1) is 10.1 Å². The van der Waals surface area contributed by atoms with Crippen LogP contribution in [0.1, 0.15) is 25.0 Å². The van der Waals surface area contributed by atoms with Crippen LogP contribution in [-0.2, 0) is 12.4 Å². The number of benzene rings is 2. The molecule has 1 N–H and O–H groups in total. The molecule has 0 radical (unpaired) electrons. The van der Waals surface area contributed by atoms with Gasteiger partial charge in [-0.25, -0.2) is 0 Å². The summed E-state index contributed by atoms with van der Waals surface area (Å²) < 4.78 is 84.5. The Kier molecular flexibility index (Phi) is 5.76. The van der Waals surface area contributed by atoms with Gasteiger partial charge in [0.05, 0.1) is 27.8 Å². The Morgan fingerprint density at radius 2 is 1.57 bits per heavy atom. The summed E-state index contributed by atoms with van der Waals surface area (Å²) in [4.78, 5) is 9.71. The van der Waals surface area contributed by atoms with E-state index in [1.165, 1.54) is 13.8 Å². The molecule has 0 fully saturated rings. The number of alkyl halides is 6. The van der Waals surface area contributed by atoms with Crippen molar-refractivity contribution in [2.24, 2.45) is 0 Å². The van der Waals surface area contributed by atoms with E-state index >= 15 is 0 Å². The Bertz CT molecular complexity index is 878. The number of nitrogens with one attached hydrogen (secondary N) is 1. The Morgan fingerprint density at radius 3 is 2.07 bits per heavy atom. The first kappa shape index (κ1) is 21.3. The van der Waals surface area contributed by atoms with Gasteiger partial charge in [0.1, 0.15) is 5.75 Å². The SMILES string of the molecule is CC(C)Oc1ccc(Nc2ccc([N+](=O)[O-])cc2C(F)(F)F)cc1C(F)(F)F. The topological polar surface area (TPSA) is 64.4 Å². The average molecular weight is 408 g/mol. The molecule has 152 valence electrons. The van der Waals surface area contributed by atoms with Crippen molar-refractivity contribution in [3.05, 3.63) is 57.6 Å². The third kappa shape index (κ3) is 5.05. The van der Waals surface area contributed by atoms with Crippen molar-refractivity contribution >= 4 is 17.1 Å². The number of non-ortho nitro benzene ring substituents is 1. The maximum Gasteiger partial charge on any atom is 0.420 e. The van der Waals surface area contributed by atoms with Gasteiger partial charge in [0, 0.05) is 17.8 Å². The molecular formula is C17H14F6N2O3. The minimum absolute atomic E-state index is 0.289. The molecule has 2 aromatic carbocycles. The lowest BCUT2D eigenvalue weighted by atomic mass is 10.1. The fourth-order valence-electron chi connectivity index (χ4n) is 2.33. The summed E-state index contributed by atoms with van der Waals surface area (Å²) in [5, 5.41) is 12.9. The summed E-state index contributed by atoms with van der Waals surface area (Å²) in [5.41, 5.74) is -4.25. The standard InChI is InChI=1S/C17H14F6N2O3/c1-9(2)28-15-6-3-10(7-13(15)17(21,22)23)24-14-5-4-11(25(26)27)8-12(14)16(18,19)20/h3-9,24H,1-2H3. The molecule has 0 amide bonds. The van der Waals surface area contributed by atoms with Gasteiger partial charge in [0.15, 0.2) is 0 Å². The normalized spacial score (nSPS) is 12.2. The summed E-state index contributed by atoms with van der Waals surface area (Å²) >= 11 is 0. The Morgan fingerprint density at radius 1 is 0.964 bits per heavy atom. The van der Waals surface area contributed by atoms with E-state index < -0.39 is 51.6 Å². The highest BCUT2D eigenvalue weighted by Gasteiger charge is 2.37. The zero-order valence-corrected chi connectivity index (χ0v) is 14.5. The number of nitrogens with zero attached hydrogens (tertiary/aromatic N) is 1. The molecule has 0 bridgehead atoms. The smallest absolute Gasteiger partial charge is 0.420 e. The lowest BCUT2D eigenvalue weighted by Crippen LogP contribution is -2.13. The highest BCUT2D eigenvalue weighted by atomic mass is 19.4. The molecule has 0 aliphatic rings. The molecule has 0 unspecified atom stereocenters. The molecule has 2 rings (SSSR count). The van der Waals surface area contributed by atoms with Crippen molar-refractivity contribution < 1.29 is 36.0 Å². The van der Waals surface area contributed by atoms with Crippen LogP contribution in [0.4, 0.5) is 43.4 Å². The first-order valence-electron chi connectivity index (χ1n) is 7.79. The van der Waals surface area contributed by atoms with Gasteiger partial charge in [-0.15, -0.1) is 0 Å². The summed E-state index contributed by atoms with van der Waals surface area (Å²) in [6, 6.07) is 4.63. The maximum absolute atomic E-state index is 13.3. The number of hydrogen-bond donors (Lipinski definition) is 1. The molecule has 5 nitrogen and oxygen atoms in total. The van der Waals surface area contributed by atoms with Crippen LogP contribution in [0.3, 0.4) is 0 Å². The van der Waals surface area contributed by atoms with Gasteiger partial charge < -0.3 is 10.1 Å². The van der Waals surface area contributed by atoms with E-state index in [2.05, 4.69) is 5.32 Å². The van der Waals surface area contributed by atoms with Crippen LogP contribution in [0.25, 0.3) is 0 Å². The quantitative estimate of drug-likeness (QED) is 0.365. The van der Waals surface area contributed by atoms with Crippen molar-refractivity contribution in [1.82, 2.24) is 0 Å². The van der Waals surface area contributed by atoms with Crippen molar-refractivity contribution in [2.75, 3.05) is 5.32 Å². The second-order valence-corrected chi connectivity index (χ2v) is 5.99. The summed E-state index contributed by atoms with van der Waals surface area (Å²) in [6.45, 7) is 3.05. The third-order valence-corrected chi connectivity index (χ3v) is 3.45. The molecule has 0 aliphatic carbocycles. The molecular weight excluding hydrogens is 394 g/mol. The predicted molar refractivity (Wildman–Crippen MR) is 88.6 cm³/mol. The third-order valence-electron chi connectivity index (χ3n) is 3.45. The molecule has 2 aromatic rings. The Labute approximate surface area is 155 Å². The molecule has 0 aliphatic heterocycles. The minimum atomic E-state index is -4.96. The number of nitro groups is 1. The van der Waals surface area contributed by atoms with E-state index in [9.17, 15) is 36.5 Å². The van der Waals surface area contributed by atoms with Crippen LogP contribution in [0.15, 0.2) is 36.4 Å². The highest BCUT2D eigenvalue weighted by Crippen LogP contribution is 2.41. The minimum Gasteiger partial charge on any atom is -0.490 e. The zero-order chi connectivity index (χ0) is 21.3. The molecule has 28 heavy (non-hydrogen) atoms. The number of nitro benzene ring substituents is 1. The van der Waals surface area contributed by atoms with Gasteiger partial charge in [-0.2, -0.15) is 26.3 Å². The van der Waals surface area contributed by atoms with Gasteiger partial charge in [0.2, 0.25) is 0 Å². The predicted octanol–water partition coefficient (Wildman–Crippen LogP) is 6.16. The van der Waals surface area contributed by atoms with Gasteiger partial charge in [-0.1, -0.05) is 0 Å². The summed E-state index contributed by atoms with van der Waals surface area (Å²) in [6.07, 6.45) is -10.3. The van der Waals surface area contributed by atoms with Gasteiger partial charge in [-0.05, 0) is 38.1 Å². The second-order valence-electron chi connectivity index (χ2n) is 5.99. The molecule has 0 aromatic heterocycles. The lowest BCUT2D eigenvalue weighted by Gasteiger charge is -2.19. The van der Waals surface area contributed by atoms with Gasteiger partial charge in [-0.3, -0.25) is 10.1 Å². The van der Waals surface area contributed by atoms with Crippen LogP contribution >= 0.6 is 0 Å². The molecule has 0 atom stereocenters. The summed E-state index contributed by atoms with van der Waals surface area (Å²) in [7, 11) is 0. The van der Waals surface area contributed by atoms with E-state index in [0.29, 0.717) is 12.1 Å². The largest absolute Gasteiger partial charge is 0.490 e. The maximum atomic E-state index is 13.3. The van der Waals surface area contributed by atoms with Crippen LogP contribution in [-0.4, -0.2) is 11.0 Å². The van der Waals surface area contributed by atoms with Crippen molar-refractivity contribution in [3.8, 4) is 5.75 Å². The number of rotatable bonds is 5. The van der Waals surface area contributed by atoms with E-state index in [1.807, 2.05) is 0 Å². The zero-order valence-electron chi connectivity index (χ0n) is 14.5. The molecule has 0 spiro atoms. The Balaban J connectivity index is 2.49. The van der Waals surface area contributed by atoms with Crippen LogP contribution in [0.2, 0.25) is 0 Å². The van der Waals surface area contributed by atoms with E-state index in [1.54, 1.807) is 0 Å². The van der Waals surface area contributed by atoms with E-state index in [4.69, 9.17) is 4.74 Å². The Hall–Kier alpha value is -2.98. The van der Waals surface area contributed by atoms with Crippen molar-refractivity contribution in [1.29, 1.82) is 0 Å². The number of hydrogen-bond acceptors (Lipinski definition) is 4. The van der Waals surface area contributed by atoms with E-state index in [0.717, 1.165) is 24.3 Å². The first-order chi connectivity index (χ1) is 12.8. The van der Waals surface area contributed by atoms with Crippen molar-refractivity contribution in [2.45, 2.75) is 32.3 Å². The highest BCUT2D eigenvalue weighted by molar-refractivity contribution is 5.67. The average Bonchev–Trinajstić information content (AvgIpc) is 2.54. The monoisotopic (exact) mass is 408 g/mol. The van der Waals surface area contributed by atoms with Crippen LogP contribution in [0.5, 0.6) is 5.75 Å². The van der Waals surface area contributed by atoms with Gasteiger partial charge >= 0.3 is 12.4 Å². The second kappa shape index (κ2) is 7.56. The van der Waals surface area contributed by atoms with Crippen molar-refractivity contribution in [3.63, 3.8) is 0 Å². The van der Waals surface area contributed by atoms with E-state index in [-0.39, 0.29) is 5.69 Å². The fourth-order valence-corrected chi connectivity index (χ4v) is 2.33. The number of anilines is 2. The molecule has 0 saturated carbocycles. The van der Waals surface area contributed by atoms with Gasteiger partial charge in [0.25, 0.3) is 5.69 Å². The first-order valence-corrected chi connectivity index (χ1v) is 7.79. The molecule has 0 saturated heterocycles.